The molecule has 2 aromatic rings. The lowest BCUT2D eigenvalue weighted by Crippen LogP contribution is -2.40. The van der Waals surface area contributed by atoms with Crippen LogP contribution in [-0.4, -0.2) is 23.3 Å². The van der Waals surface area contributed by atoms with Crippen LogP contribution in [0, 0.1) is 0 Å². The highest BCUT2D eigenvalue weighted by Gasteiger charge is 2.14. The van der Waals surface area contributed by atoms with Gasteiger partial charge in [-0.2, -0.15) is 0 Å². The van der Waals surface area contributed by atoms with Gasteiger partial charge in [0.2, 0.25) is 5.88 Å². The Bertz CT molecular complexity index is 631. The zero-order valence-electron chi connectivity index (χ0n) is 11.1. The van der Waals surface area contributed by atoms with Gasteiger partial charge < -0.3 is 10.1 Å². The topological polar surface area (TPSA) is 106 Å². The van der Waals surface area contributed by atoms with Crippen LogP contribution in [0.25, 0.3) is 0 Å². The number of hydrogen-bond donors (Lipinski definition) is 3. The fourth-order valence-corrected chi connectivity index (χ4v) is 1.55. The lowest BCUT2D eigenvalue weighted by molar-refractivity contribution is -0.120. The highest BCUT2D eigenvalue weighted by Crippen LogP contribution is 2.22. The molecule has 7 heteroatoms. The average molecular weight is 286 g/mol. The number of hydrogen-bond acceptors (Lipinski definition) is 5. The maximum Gasteiger partial charge on any atom is 0.257 e. The summed E-state index contributed by atoms with van der Waals surface area (Å²) >= 11 is 0. The summed E-state index contributed by atoms with van der Waals surface area (Å²) < 4.78 is 5.57. The van der Waals surface area contributed by atoms with Gasteiger partial charge in [-0.3, -0.25) is 15.0 Å². The van der Waals surface area contributed by atoms with Crippen LogP contribution in [0.5, 0.6) is 11.6 Å². The van der Waals surface area contributed by atoms with E-state index in [2.05, 4.69) is 10.3 Å². The predicted octanol–water partition coefficient (Wildman–Crippen LogP) is 0.594. The summed E-state index contributed by atoms with van der Waals surface area (Å²) in [5.41, 5.74) is 2.15. The first-order chi connectivity index (χ1) is 10.2. The van der Waals surface area contributed by atoms with Gasteiger partial charge in [0.05, 0.1) is 6.54 Å². The molecule has 0 aliphatic rings. The second kappa shape index (κ2) is 7.01. The molecule has 2 amide bonds. The Balaban J connectivity index is 2.13. The zero-order chi connectivity index (χ0) is 15.1. The van der Waals surface area contributed by atoms with Gasteiger partial charge in [-0.1, -0.05) is 18.2 Å². The van der Waals surface area contributed by atoms with Gasteiger partial charge in [0.25, 0.3) is 11.8 Å². The first-order valence-corrected chi connectivity index (χ1v) is 6.16. The fourth-order valence-electron chi connectivity index (χ4n) is 1.55. The standard InChI is InChI=1S/C14H14N4O3/c15-18-12(19)9-17-13(20)11-7-4-8-16-14(11)21-10-5-2-1-3-6-10/h1-8H,9,15H2,(H,17,20)(H,18,19). The Hall–Kier alpha value is -2.93. The van der Waals surface area contributed by atoms with E-state index in [1.807, 2.05) is 23.6 Å². The van der Waals surface area contributed by atoms with Crippen LogP contribution in [0.2, 0.25) is 0 Å². The molecule has 7 nitrogen and oxygen atoms in total. The number of benzene rings is 1. The largest absolute Gasteiger partial charge is 0.438 e. The number of rotatable bonds is 5. The number of para-hydroxylation sites is 1. The predicted molar refractivity (Wildman–Crippen MR) is 75.4 cm³/mol. The van der Waals surface area contributed by atoms with Crippen LogP contribution in [-0.2, 0) is 4.79 Å². The van der Waals surface area contributed by atoms with Crippen molar-refractivity contribution in [1.82, 2.24) is 15.7 Å². The molecular formula is C14H14N4O3. The third-order valence-corrected chi connectivity index (χ3v) is 2.54. The Kier molecular flexibility index (Phi) is 4.84. The van der Waals surface area contributed by atoms with Gasteiger partial charge in [-0.25, -0.2) is 10.8 Å². The van der Waals surface area contributed by atoms with E-state index in [9.17, 15) is 9.59 Å². The summed E-state index contributed by atoms with van der Waals surface area (Å²) in [7, 11) is 0. The van der Waals surface area contributed by atoms with E-state index >= 15 is 0 Å². The van der Waals surface area contributed by atoms with Crippen molar-refractivity contribution in [2.24, 2.45) is 5.84 Å². The van der Waals surface area contributed by atoms with Gasteiger partial charge in [-0.05, 0) is 24.3 Å². The third-order valence-electron chi connectivity index (χ3n) is 2.54. The molecule has 2 rings (SSSR count). The Morgan fingerprint density at radius 2 is 1.90 bits per heavy atom. The highest BCUT2D eigenvalue weighted by molar-refractivity contribution is 5.98. The number of hydrazine groups is 1. The number of carbonyl (C=O) groups excluding carboxylic acids is 2. The molecule has 0 saturated carbocycles. The molecule has 1 aromatic carbocycles. The number of aromatic nitrogens is 1. The minimum atomic E-state index is -0.502. The quantitative estimate of drug-likeness (QED) is 0.424. The Labute approximate surface area is 121 Å². The van der Waals surface area contributed by atoms with Crippen molar-refractivity contribution in [2.45, 2.75) is 0 Å². The first-order valence-electron chi connectivity index (χ1n) is 6.16. The molecule has 0 bridgehead atoms. The van der Waals surface area contributed by atoms with E-state index in [0.29, 0.717) is 5.75 Å². The molecule has 0 aliphatic carbocycles. The van der Waals surface area contributed by atoms with Crippen molar-refractivity contribution in [3.8, 4) is 11.6 Å². The van der Waals surface area contributed by atoms with Gasteiger partial charge in [0.15, 0.2) is 0 Å². The highest BCUT2D eigenvalue weighted by atomic mass is 16.5. The number of pyridine rings is 1. The fraction of sp³-hybridized carbons (Fsp3) is 0.0714. The summed E-state index contributed by atoms with van der Waals surface area (Å²) in [4.78, 5) is 27.1. The Morgan fingerprint density at radius 3 is 2.62 bits per heavy atom. The van der Waals surface area contributed by atoms with Gasteiger partial charge in [0.1, 0.15) is 11.3 Å². The molecule has 0 aliphatic heterocycles. The van der Waals surface area contributed by atoms with E-state index in [4.69, 9.17) is 10.6 Å². The molecule has 0 saturated heterocycles. The number of ether oxygens (including phenoxy) is 1. The van der Waals surface area contributed by atoms with Gasteiger partial charge >= 0.3 is 0 Å². The summed E-state index contributed by atoms with van der Waals surface area (Å²) in [5.74, 6) is 4.69. The van der Waals surface area contributed by atoms with Crippen LogP contribution in [0.15, 0.2) is 48.7 Å². The number of carbonyl (C=O) groups is 2. The van der Waals surface area contributed by atoms with E-state index in [0.717, 1.165) is 0 Å². The van der Waals surface area contributed by atoms with E-state index < -0.39 is 11.8 Å². The molecule has 0 fully saturated rings. The minimum Gasteiger partial charge on any atom is -0.438 e. The molecule has 0 spiro atoms. The zero-order valence-corrected chi connectivity index (χ0v) is 11.1. The minimum absolute atomic E-state index is 0.161. The van der Waals surface area contributed by atoms with E-state index in [-0.39, 0.29) is 18.0 Å². The second-order valence-electron chi connectivity index (χ2n) is 4.02. The van der Waals surface area contributed by atoms with Crippen LogP contribution in [0.4, 0.5) is 0 Å². The first kappa shape index (κ1) is 14.5. The lowest BCUT2D eigenvalue weighted by Gasteiger charge is -2.09. The third kappa shape index (κ3) is 4.02. The monoisotopic (exact) mass is 286 g/mol. The summed E-state index contributed by atoms with van der Waals surface area (Å²) in [6.45, 7) is -0.227. The summed E-state index contributed by atoms with van der Waals surface area (Å²) in [5, 5.41) is 2.42. The lowest BCUT2D eigenvalue weighted by atomic mass is 10.2. The molecular weight excluding hydrogens is 272 g/mol. The molecule has 0 radical (unpaired) electrons. The van der Waals surface area contributed by atoms with Crippen LogP contribution in [0.1, 0.15) is 10.4 Å². The van der Waals surface area contributed by atoms with E-state index in [1.54, 1.807) is 24.3 Å². The van der Waals surface area contributed by atoms with Gasteiger partial charge in [0, 0.05) is 6.20 Å². The molecule has 4 N–H and O–H groups in total. The van der Waals surface area contributed by atoms with Crippen molar-refractivity contribution >= 4 is 11.8 Å². The van der Waals surface area contributed by atoms with Crippen molar-refractivity contribution < 1.29 is 14.3 Å². The average Bonchev–Trinajstić information content (AvgIpc) is 2.53. The van der Waals surface area contributed by atoms with Crippen LogP contribution in [0.3, 0.4) is 0 Å². The maximum absolute atomic E-state index is 12.0. The number of nitrogens with zero attached hydrogens (tertiary/aromatic N) is 1. The van der Waals surface area contributed by atoms with Crippen LogP contribution < -0.4 is 21.3 Å². The number of nitrogens with two attached hydrogens (primary N) is 1. The SMILES string of the molecule is NNC(=O)CNC(=O)c1cccnc1Oc1ccccc1. The Morgan fingerprint density at radius 1 is 1.14 bits per heavy atom. The summed E-state index contributed by atoms with van der Waals surface area (Å²) in [6.07, 6.45) is 1.52. The normalized spacial score (nSPS) is 9.76. The maximum atomic E-state index is 12.0. The van der Waals surface area contributed by atoms with Crippen molar-refractivity contribution in [2.75, 3.05) is 6.54 Å². The molecule has 1 aromatic heterocycles. The molecule has 0 unspecified atom stereocenters. The van der Waals surface area contributed by atoms with Crippen LogP contribution >= 0.6 is 0 Å². The molecule has 108 valence electrons. The smallest absolute Gasteiger partial charge is 0.257 e. The molecule has 21 heavy (non-hydrogen) atoms. The van der Waals surface area contributed by atoms with Crippen molar-refractivity contribution in [3.63, 3.8) is 0 Å². The number of amides is 2. The second-order valence-corrected chi connectivity index (χ2v) is 4.02. The van der Waals surface area contributed by atoms with Crippen molar-refractivity contribution in [1.29, 1.82) is 0 Å². The molecule has 0 atom stereocenters. The summed E-state index contributed by atoms with van der Waals surface area (Å²) in [6, 6.07) is 12.1. The van der Waals surface area contributed by atoms with Crippen molar-refractivity contribution in [3.05, 3.63) is 54.2 Å². The number of nitrogens with one attached hydrogen (secondary N) is 2. The molecule has 1 heterocycles. The van der Waals surface area contributed by atoms with E-state index in [1.165, 1.54) is 6.20 Å². The van der Waals surface area contributed by atoms with Gasteiger partial charge in [-0.15, -0.1) is 0 Å².